The molecule has 0 bridgehead atoms. The zero-order valence-corrected chi connectivity index (χ0v) is 9.99. The van der Waals surface area contributed by atoms with Crippen LogP contribution in [0.2, 0.25) is 0 Å². The Kier molecular flexibility index (Phi) is 5.21. The molecule has 0 aromatic carbocycles. The predicted octanol–water partition coefficient (Wildman–Crippen LogP) is 1.44. The van der Waals surface area contributed by atoms with Crippen molar-refractivity contribution in [2.24, 2.45) is 5.92 Å². The molecular weight excluding hydrogens is 218 g/mol. The standard InChI is InChI=1S/C8H15N3OS2/c1-6(3-12)4-13-5-7-8(9-2)14-11-10-7/h6,9,12H,3-5H2,1-2H3. The third-order valence-electron chi connectivity index (χ3n) is 1.74. The third-order valence-corrected chi connectivity index (χ3v) is 3.80. The number of nitrogens with one attached hydrogen (secondary N) is 1. The van der Waals surface area contributed by atoms with Gasteiger partial charge in [0.15, 0.2) is 0 Å². The molecule has 1 aromatic heterocycles. The van der Waals surface area contributed by atoms with E-state index in [4.69, 9.17) is 5.11 Å². The minimum atomic E-state index is 0.251. The molecule has 14 heavy (non-hydrogen) atoms. The van der Waals surface area contributed by atoms with E-state index in [9.17, 15) is 0 Å². The molecule has 1 aromatic rings. The minimum absolute atomic E-state index is 0.251. The van der Waals surface area contributed by atoms with Crippen molar-refractivity contribution in [3.63, 3.8) is 0 Å². The van der Waals surface area contributed by atoms with Gasteiger partial charge in [0.2, 0.25) is 0 Å². The predicted molar refractivity (Wildman–Crippen MR) is 61.9 cm³/mol. The molecule has 0 fully saturated rings. The highest BCUT2D eigenvalue weighted by molar-refractivity contribution is 7.98. The van der Waals surface area contributed by atoms with Gasteiger partial charge in [0.05, 0.1) is 0 Å². The van der Waals surface area contributed by atoms with Gasteiger partial charge in [0.1, 0.15) is 10.7 Å². The summed E-state index contributed by atoms with van der Waals surface area (Å²) in [5.41, 5.74) is 1.01. The van der Waals surface area contributed by atoms with Gasteiger partial charge in [0.25, 0.3) is 0 Å². The second kappa shape index (κ2) is 6.21. The average molecular weight is 233 g/mol. The summed E-state index contributed by atoms with van der Waals surface area (Å²) in [5, 5.41) is 17.0. The van der Waals surface area contributed by atoms with Gasteiger partial charge in [-0.05, 0) is 11.7 Å². The van der Waals surface area contributed by atoms with Crippen molar-refractivity contribution in [2.45, 2.75) is 12.7 Å². The lowest BCUT2D eigenvalue weighted by molar-refractivity contribution is 0.250. The highest BCUT2D eigenvalue weighted by Crippen LogP contribution is 2.22. The lowest BCUT2D eigenvalue weighted by atomic mass is 10.2. The van der Waals surface area contributed by atoms with Crippen molar-refractivity contribution in [1.82, 2.24) is 9.59 Å². The van der Waals surface area contributed by atoms with Crippen molar-refractivity contribution >= 4 is 28.3 Å². The zero-order valence-electron chi connectivity index (χ0n) is 8.36. The number of aromatic nitrogens is 2. The molecule has 1 heterocycles. The number of thioether (sulfide) groups is 1. The van der Waals surface area contributed by atoms with E-state index in [2.05, 4.69) is 14.9 Å². The van der Waals surface area contributed by atoms with Crippen LogP contribution in [-0.2, 0) is 5.75 Å². The van der Waals surface area contributed by atoms with Gasteiger partial charge in [-0.3, -0.25) is 0 Å². The largest absolute Gasteiger partial charge is 0.396 e. The fourth-order valence-electron chi connectivity index (χ4n) is 0.902. The van der Waals surface area contributed by atoms with Gasteiger partial charge >= 0.3 is 0 Å². The molecule has 0 amide bonds. The molecule has 0 aliphatic carbocycles. The second-order valence-electron chi connectivity index (χ2n) is 3.10. The van der Waals surface area contributed by atoms with Crippen LogP contribution in [0.25, 0.3) is 0 Å². The van der Waals surface area contributed by atoms with Crippen LogP contribution in [0.5, 0.6) is 0 Å². The summed E-state index contributed by atoms with van der Waals surface area (Å²) in [7, 11) is 1.87. The first kappa shape index (κ1) is 11.7. The summed E-state index contributed by atoms with van der Waals surface area (Å²) in [4.78, 5) is 0. The number of aliphatic hydroxyl groups is 1. The van der Waals surface area contributed by atoms with Gasteiger partial charge in [-0.25, -0.2) is 0 Å². The lowest BCUT2D eigenvalue weighted by Crippen LogP contribution is -2.03. The molecule has 2 N–H and O–H groups in total. The maximum Gasteiger partial charge on any atom is 0.133 e. The highest BCUT2D eigenvalue weighted by atomic mass is 32.2. The molecule has 0 spiro atoms. The average Bonchev–Trinajstić information content (AvgIpc) is 2.65. The van der Waals surface area contributed by atoms with Crippen molar-refractivity contribution < 1.29 is 5.11 Å². The molecule has 80 valence electrons. The van der Waals surface area contributed by atoms with Crippen LogP contribution in [0.1, 0.15) is 12.6 Å². The molecule has 6 heteroatoms. The van der Waals surface area contributed by atoms with E-state index >= 15 is 0 Å². The van der Waals surface area contributed by atoms with Crippen LogP contribution in [0.15, 0.2) is 0 Å². The van der Waals surface area contributed by atoms with Crippen molar-refractivity contribution in [3.05, 3.63) is 5.69 Å². The van der Waals surface area contributed by atoms with E-state index in [0.717, 1.165) is 22.2 Å². The lowest BCUT2D eigenvalue weighted by Gasteiger charge is -2.06. The van der Waals surface area contributed by atoms with Gasteiger partial charge in [0, 0.05) is 30.9 Å². The highest BCUT2D eigenvalue weighted by Gasteiger charge is 2.07. The van der Waals surface area contributed by atoms with Crippen LogP contribution in [0.3, 0.4) is 0 Å². The maximum absolute atomic E-state index is 8.84. The van der Waals surface area contributed by atoms with E-state index < -0.39 is 0 Å². The van der Waals surface area contributed by atoms with Crippen LogP contribution in [-0.4, -0.2) is 34.1 Å². The topological polar surface area (TPSA) is 58.0 Å². The van der Waals surface area contributed by atoms with Crippen molar-refractivity contribution in [2.75, 3.05) is 24.7 Å². The Morgan fingerprint density at radius 1 is 1.64 bits per heavy atom. The Labute approximate surface area is 92.3 Å². The normalized spacial score (nSPS) is 12.8. The summed E-state index contributed by atoms with van der Waals surface area (Å²) in [6.45, 7) is 2.28. The molecule has 0 radical (unpaired) electrons. The zero-order chi connectivity index (χ0) is 10.4. The number of aliphatic hydroxyl groups excluding tert-OH is 1. The molecular formula is C8H15N3OS2. The first-order chi connectivity index (χ1) is 6.77. The molecule has 4 nitrogen and oxygen atoms in total. The van der Waals surface area contributed by atoms with Gasteiger partial charge in [-0.2, -0.15) is 11.8 Å². The van der Waals surface area contributed by atoms with E-state index in [1.54, 1.807) is 11.8 Å². The maximum atomic E-state index is 8.84. The summed E-state index contributed by atoms with van der Waals surface area (Å²) >= 11 is 3.16. The van der Waals surface area contributed by atoms with Crippen molar-refractivity contribution in [1.29, 1.82) is 0 Å². The minimum Gasteiger partial charge on any atom is -0.396 e. The Bertz CT molecular complexity index is 267. The molecule has 1 atom stereocenters. The third kappa shape index (κ3) is 3.43. The Balaban J connectivity index is 2.31. The summed E-state index contributed by atoms with van der Waals surface area (Å²) in [5.74, 6) is 2.17. The smallest absolute Gasteiger partial charge is 0.133 e. The van der Waals surface area contributed by atoms with Gasteiger partial charge < -0.3 is 10.4 Å². The Hall–Kier alpha value is -0.330. The van der Waals surface area contributed by atoms with Crippen LogP contribution in [0, 0.1) is 5.92 Å². The SMILES string of the molecule is CNc1snnc1CSCC(C)CO. The van der Waals surface area contributed by atoms with Crippen LogP contribution < -0.4 is 5.32 Å². The molecule has 1 unspecified atom stereocenters. The van der Waals surface area contributed by atoms with Gasteiger partial charge in [-0.1, -0.05) is 11.4 Å². The molecule has 0 aliphatic heterocycles. The first-order valence-electron chi connectivity index (χ1n) is 4.45. The molecule has 0 aliphatic rings. The summed E-state index contributed by atoms with van der Waals surface area (Å²) in [6.07, 6.45) is 0. The van der Waals surface area contributed by atoms with Crippen molar-refractivity contribution in [3.8, 4) is 0 Å². The van der Waals surface area contributed by atoms with Crippen LogP contribution >= 0.6 is 23.3 Å². The Morgan fingerprint density at radius 2 is 2.43 bits per heavy atom. The number of hydrogen-bond acceptors (Lipinski definition) is 6. The molecule has 1 rings (SSSR count). The number of nitrogens with zero attached hydrogens (tertiary/aromatic N) is 2. The monoisotopic (exact) mass is 233 g/mol. The fraction of sp³-hybridized carbons (Fsp3) is 0.750. The van der Waals surface area contributed by atoms with E-state index in [0.29, 0.717) is 5.92 Å². The van der Waals surface area contributed by atoms with Gasteiger partial charge in [-0.15, -0.1) is 5.10 Å². The number of rotatable bonds is 6. The number of hydrogen-bond donors (Lipinski definition) is 2. The van der Waals surface area contributed by atoms with E-state index in [1.165, 1.54) is 11.5 Å². The Morgan fingerprint density at radius 3 is 3.07 bits per heavy atom. The quantitative estimate of drug-likeness (QED) is 0.778. The second-order valence-corrected chi connectivity index (χ2v) is 4.89. The summed E-state index contributed by atoms with van der Waals surface area (Å²) in [6, 6.07) is 0. The first-order valence-corrected chi connectivity index (χ1v) is 6.38. The molecule has 0 saturated carbocycles. The summed E-state index contributed by atoms with van der Waals surface area (Å²) < 4.78 is 3.88. The number of anilines is 1. The van der Waals surface area contributed by atoms with E-state index in [-0.39, 0.29) is 6.61 Å². The molecule has 0 saturated heterocycles. The van der Waals surface area contributed by atoms with E-state index in [1.807, 2.05) is 14.0 Å². The fourth-order valence-corrected chi connectivity index (χ4v) is 2.55. The van der Waals surface area contributed by atoms with Crippen LogP contribution in [0.4, 0.5) is 5.00 Å².